The predicted octanol–water partition coefficient (Wildman–Crippen LogP) is 2.33. The summed E-state index contributed by atoms with van der Waals surface area (Å²) in [4.78, 5) is 32.8. The number of hydrogen-bond donors (Lipinski definition) is 1. The molecule has 0 radical (unpaired) electrons. The van der Waals surface area contributed by atoms with Crippen LogP contribution in [0.4, 0.5) is 5.13 Å². The number of nitrogens with one attached hydrogen (secondary N) is 1. The van der Waals surface area contributed by atoms with Crippen molar-refractivity contribution in [2.75, 3.05) is 44.7 Å². The Morgan fingerprint density at radius 3 is 2.68 bits per heavy atom. The molecule has 4 rings (SSSR count). The molecule has 150 valence electrons. The average Bonchev–Trinajstić information content (AvgIpc) is 3.10. The molecule has 1 N–H and O–H groups in total. The van der Waals surface area contributed by atoms with E-state index < -0.39 is 0 Å². The summed E-state index contributed by atoms with van der Waals surface area (Å²) >= 11 is 1.52. The summed E-state index contributed by atoms with van der Waals surface area (Å²) < 4.78 is 6.50. The second kappa shape index (κ2) is 8.55. The number of amides is 2. The third kappa shape index (κ3) is 4.51. The maximum atomic E-state index is 12.6. The molecule has 7 nitrogen and oxygen atoms in total. The number of fused-ring (bicyclic) bond motifs is 1. The number of carbonyl (C=O) groups excluding carboxylic acids is 2. The SMILES string of the molecule is CC(=O)N1CCC(C(=O)Nc2nc3ccc(CN4CCOCC4)cc3s2)CC1. The van der Waals surface area contributed by atoms with Gasteiger partial charge < -0.3 is 15.0 Å². The van der Waals surface area contributed by atoms with Crippen molar-refractivity contribution in [3.8, 4) is 0 Å². The standard InChI is InChI=1S/C20H26N4O3S/c1-14(25)24-6-4-16(5-7-24)19(26)22-20-21-17-3-2-15(12-18(17)28-20)13-23-8-10-27-11-9-23/h2-3,12,16H,4-11,13H2,1H3,(H,21,22,26). The van der Waals surface area contributed by atoms with Crippen molar-refractivity contribution in [2.45, 2.75) is 26.3 Å². The van der Waals surface area contributed by atoms with Crippen molar-refractivity contribution in [3.63, 3.8) is 0 Å². The van der Waals surface area contributed by atoms with Crippen LogP contribution in [0.2, 0.25) is 0 Å². The van der Waals surface area contributed by atoms with Crippen molar-refractivity contribution in [1.82, 2.24) is 14.8 Å². The molecule has 2 amide bonds. The van der Waals surface area contributed by atoms with Crippen LogP contribution in [0.25, 0.3) is 10.2 Å². The fraction of sp³-hybridized carbons (Fsp3) is 0.550. The summed E-state index contributed by atoms with van der Waals surface area (Å²) in [6, 6.07) is 6.31. The van der Waals surface area contributed by atoms with E-state index in [2.05, 4.69) is 27.3 Å². The number of morpholine rings is 1. The Morgan fingerprint density at radius 2 is 1.96 bits per heavy atom. The normalized spacial score (nSPS) is 19.1. The molecule has 1 aromatic heterocycles. The quantitative estimate of drug-likeness (QED) is 0.850. The first-order valence-electron chi connectivity index (χ1n) is 9.84. The van der Waals surface area contributed by atoms with Crippen LogP contribution in [0, 0.1) is 5.92 Å². The Hall–Kier alpha value is -2.03. The molecule has 3 heterocycles. The first-order valence-corrected chi connectivity index (χ1v) is 10.7. The van der Waals surface area contributed by atoms with Crippen LogP contribution in [0.5, 0.6) is 0 Å². The molecule has 8 heteroatoms. The fourth-order valence-electron chi connectivity index (χ4n) is 3.80. The van der Waals surface area contributed by atoms with E-state index in [1.54, 1.807) is 11.8 Å². The van der Waals surface area contributed by atoms with Gasteiger partial charge in [-0.3, -0.25) is 14.5 Å². The van der Waals surface area contributed by atoms with E-state index in [1.807, 2.05) is 6.07 Å². The Bertz CT molecular complexity index is 854. The number of hydrogen-bond acceptors (Lipinski definition) is 6. The second-order valence-electron chi connectivity index (χ2n) is 7.48. The molecule has 0 aliphatic carbocycles. The first kappa shape index (κ1) is 19.3. The number of ether oxygens (including phenoxy) is 1. The molecule has 0 spiro atoms. The zero-order valence-electron chi connectivity index (χ0n) is 16.1. The summed E-state index contributed by atoms with van der Waals surface area (Å²) in [5.41, 5.74) is 2.17. The minimum atomic E-state index is -0.0560. The molecule has 0 unspecified atom stereocenters. The third-order valence-corrected chi connectivity index (χ3v) is 6.44. The molecule has 2 aromatic rings. The van der Waals surface area contributed by atoms with Gasteiger partial charge in [0.1, 0.15) is 0 Å². The van der Waals surface area contributed by atoms with Gasteiger partial charge in [0.25, 0.3) is 0 Å². The van der Waals surface area contributed by atoms with E-state index >= 15 is 0 Å². The lowest BCUT2D eigenvalue weighted by Crippen LogP contribution is -2.40. The number of piperidine rings is 1. The topological polar surface area (TPSA) is 74.8 Å². The van der Waals surface area contributed by atoms with Gasteiger partial charge in [-0.1, -0.05) is 17.4 Å². The van der Waals surface area contributed by atoms with E-state index in [0.717, 1.165) is 43.1 Å². The van der Waals surface area contributed by atoms with E-state index in [0.29, 0.717) is 31.1 Å². The summed E-state index contributed by atoms with van der Waals surface area (Å²) in [6.07, 6.45) is 1.42. The number of thiazole rings is 1. The number of likely N-dealkylation sites (tertiary alicyclic amines) is 1. The van der Waals surface area contributed by atoms with Crippen molar-refractivity contribution in [2.24, 2.45) is 5.92 Å². The highest BCUT2D eigenvalue weighted by Crippen LogP contribution is 2.28. The summed E-state index contributed by atoms with van der Waals surface area (Å²) in [7, 11) is 0. The molecular weight excluding hydrogens is 376 g/mol. The van der Waals surface area contributed by atoms with E-state index in [-0.39, 0.29) is 17.7 Å². The highest BCUT2D eigenvalue weighted by Gasteiger charge is 2.26. The lowest BCUT2D eigenvalue weighted by Gasteiger charge is -2.30. The highest BCUT2D eigenvalue weighted by molar-refractivity contribution is 7.22. The van der Waals surface area contributed by atoms with Crippen LogP contribution in [0.15, 0.2) is 18.2 Å². The van der Waals surface area contributed by atoms with Gasteiger partial charge in [0.2, 0.25) is 11.8 Å². The Morgan fingerprint density at radius 1 is 1.21 bits per heavy atom. The van der Waals surface area contributed by atoms with Gasteiger partial charge in [0.15, 0.2) is 5.13 Å². The second-order valence-corrected chi connectivity index (χ2v) is 8.51. The lowest BCUT2D eigenvalue weighted by molar-refractivity contribution is -0.132. The number of aromatic nitrogens is 1. The number of nitrogens with zero attached hydrogens (tertiary/aromatic N) is 3. The maximum absolute atomic E-state index is 12.6. The fourth-order valence-corrected chi connectivity index (χ4v) is 4.73. The van der Waals surface area contributed by atoms with Crippen LogP contribution in [-0.2, 0) is 20.9 Å². The molecular formula is C20H26N4O3S. The molecule has 2 saturated heterocycles. The van der Waals surface area contributed by atoms with E-state index in [1.165, 1.54) is 16.9 Å². The Balaban J connectivity index is 1.37. The monoisotopic (exact) mass is 402 g/mol. The Kier molecular flexibility index (Phi) is 5.89. The van der Waals surface area contributed by atoms with Gasteiger partial charge in [-0.25, -0.2) is 4.98 Å². The molecule has 0 atom stereocenters. The van der Waals surface area contributed by atoms with Gasteiger partial charge in [0, 0.05) is 45.6 Å². The lowest BCUT2D eigenvalue weighted by atomic mass is 9.96. The van der Waals surface area contributed by atoms with Crippen molar-refractivity contribution >= 4 is 38.5 Å². The number of rotatable bonds is 4. The van der Waals surface area contributed by atoms with Gasteiger partial charge in [-0.2, -0.15) is 0 Å². The summed E-state index contributed by atoms with van der Waals surface area (Å²) in [5.74, 6) is 0.0354. The van der Waals surface area contributed by atoms with Crippen LogP contribution < -0.4 is 5.32 Å². The molecule has 28 heavy (non-hydrogen) atoms. The van der Waals surface area contributed by atoms with Crippen LogP contribution >= 0.6 is 11.3 Å². The zero-order valence-corrected chi connectivity index (χ0v) is 17.0. The first-order chi connectivity index (χ1) is 13.6. The van der Waals surface area contributed by atoms with E-state index in [9.17, 15) is 9.59 Å². The van der Waals surface area contributed by atoms with Gasteiger partial charge >= 0.3 is 0 Å². The van der Waals surface area contributed by atoms with Crippen molar-refractivity contribution < 1.29 is 14.3 Å². The van der Waals surface area contributed by atoms with E-state index in [4.69, 9.17) is 4.74 Å². The predicted molar refractivity (Wildman–Crippen MR) is 109 cm³/mol. The largest absolute Gasteiger partial charge is 0.379 e. The molecule has 0 bridgehead atoms. The molecule has 2 aliphatic rings. The smallest absolute Gasteiger partial charge is 0.229 e. The van der Waals surface area contributed by atoms with Gasteiger partial charge in [-0.05, 0) is 30.5 Å². The van der Waals surface area contributed by atoms with Crippen molar-refractivity contribution in [1.29, 1.82) is 0 Å². The molecule has 2 fully saturated rings. The number of carbonyl (C=O) groups is 2. The molecule has 1 aromatic carbocycles. The van der Waals surface area contributed by atoms with Gasteiger partial charge in [-0.15, -0.1) is 0 Å². The third-order valence-electron chi connectivity index (χ3n) is 5.50. The maximum Gasteiger partial charge on any atom is 0.229 e. The minimum Gasteiger partial charge on any atom is -0.379 e. The number of anilines is 1. The Labute approximate surface area is 168 Å². The number of benzene rings is 1. The summed E-state index contributed by atoms with van der Waals surface area (Å²) in [5, 5.41) is 3.63. The minimum absolute atomic E-state index is 0.01000. The molecule has 2 aliphatic heterocycles. The van der Waals surface area contributed by atoms with Crippen molar-refractivity contribution in [3.05, 3.63) is 23.8 Å². The molecule has 0 saturated carbocycles. The summed E-state index contributed by atoms with van der Waals surface area (Å²) in [6.45, 7) is 7.31. The van der Waals surface area contributed by atoms with Gasteiger partial charge in [0.05, 0.1) is 23.4 Å². The van der Waals surface area contributed by atoms with Crippen LogP contribution in [0.1, 0.15) is 25.3 Å². The zero-order chi connectivity index (χ0) is 19.5. The van der Waals surface area contributed by atoms with Crippen LogP contribution in [-0.4, -0.2) is 66.0 Å². The average molecular weight is 403 g/mol. The highest BCUT2D eigenvalue weighted by atomic mass is 32.1. The van der Waals surface area contributed by atoms with Crippen LogP contribution in [0.3, 0.4) is 0 Å².